The zero-order valence-corrected chi connectivity index (χ0v) is 21.9. The standard InChI is InChI=1S/C34H29FN2O3/c35-30-17-9-7-15-27(30)19-20-33(38)36-31(34(39)40-24-26-13-5-2-6-14-26)21-28-23-37(22-25-11-3-1-4-12-25)32-18-10-8-16-29(28)32/h1-20,23,31H,21-22,24H2,(H,36,38)/b20-19+/t31-/m0/s1. The summed E-state index contributed by atoms with van der Waals surface area (Å²) in [5.41, 5.74) is 4.22. The molecule has 6 heteroatoms. The third kappa shape index (κ3) is 6.72. The third-order valence-corrected chi connectivity index (χ3v) is 6.64. The summed E-state index contributed by atoms with van der Waals surface area (Å²) in [5, 5.41) is 3.78. The molecule has 0 aliphatic rings. The number of nitrogens with one attached hydrogen (secondary N) is 1. The molecule has 0 bridgehead atoms. The molecule has 0 saturated carbocycles. The highest BCUT2D eigenvalue weighted by atomic mass is 19.1. The second-order valence-corrected chi connectivity index (χ2v) is 9.50. The van der Waals surface area contributed by atoms with Crippen molar-refractivity contribution in [3.05, 3.63) is 150 Å². The van der Waals surface area contributed by atoms with Crippen LogP contribution in [0.2, 0.25) is 0 Å². The van der Waals surface area contributed by atoms with Crippen molar-refractivity contribution in [2.75, 3.05) is 0 Å². The van der Waals surface area contributed by atoms with Gasteiger partial charge in [0.2, 0.25) is 5.91 Å². The number of ether oxygens (including phenoxy) is 1. The molecule has 200 valence electrons. The minimum absolute atomic E-state index is 0.0902. The first kappa shape index (κ1) is 26.6. The molecule has 5 aromatic rings. The number of carbonyl (C=O) groups excluding carboxylic acids is 2. The topological polar surface area (TPSA) is 60.3 Å². The minimum Gasteiger partial charge on any atom is -0.459 e. The summed E-state index contributed by atoms with van der Waals surface area (Å²) < 4.78 is 21.8. The summed E-state index contributed by atoms with van der Waals surface area (Å²) >= 11 is 0. The van der Waals surface area contributed by atoms with E-state index in [-0.39, 0.29) is 18.6 Å². The summed E-state index contributed by atoms with van der Waals surface area (Å²) in [4.78, 5) is 26.2. The first-order chi connectivity index (χ1) is 19.6. The maximum Gasteiger partial charge on any atom is 0.329 e. The molecule has 0 aliphatic carbocycles. The lowest BCUT2D eigenvalue weighted by molar-refractivity contribution is -0.148. The van der Waals surface area contributed by atoms with Gasteiger partial charge in [-0.2, -0.15) is 0 Å². The zero-order chi connectivity index (χ0) is 27.7. The van der Waals surface area contributed by atoms with Crippen molar-refractivity contribution < 1.29 is 18.7 Å². The highest BCUT2D eigenvalue weighted by Crippen LogP contribution is 2.24. The number of halogens is 1. The maximum absolute atomic E-state index is 14.0. The van der Waals surface area contributed by atoms with Gasteiger partial charge in [0.15, 0.2) is 0 Å². The predicted molar refractivity (Wildman–Crippen MR) is 155 cm³/mol. The number of benzene rings is 4. The number of amides is 1. The van der Waals surface area contributed by atoms with Crippen LogP contribution in [0.5, 0.6) is 0 Å². The average Bonchev–Trinajstić information content (AvgIpc) is 3.33. The lowest BCUT2D eigenvalue weighted by Crippen LogP contribution is -2.42. The summed E-state index contributed by atoms with van der Waals surface area (Å²) in [7, 11) is 0. The van der Waals surface area contributed by atoms with E-state index in [2.05, 4.69) is 22.0 Å². The SMILES string of the molecule is O=C(/C=C/c1ccccc1F)N[C@@H](Cc1cn(Cc2ccccc2)c2ccccc12)C(=O)OCc1ccccc1. The fraction of sp³-hybridized carbons (Fsp3) is 0.118. The molecule has 0 fully saturated rings. The lowest BCUT2D eigenvalue weighted by atomic mass is 10.0. The number of aromatic nitrogens is 1. The number of carbonyl (C=O) groups is 2. The number of hydrogen-bond acceptors (Lipinski definition) is 3. The first-order valence-corrected chi connectivity index (χ1v) is 13.1. The van der Waals surface area contributed by atoms with Gasteiger partial charge in [-0.1, -0.05) is 97.1 Å². The number of fused-ring (bicyclic) bond motifs is 1. The molecular weight excluding hydrogens is 503 g/mol. The van der Waals surface area contributed by atoms with Gasteiger partial charge in [0, 0.05) is 41.7 Å². The van der Waals surface area contributed by atoms with Crippen LogP contribution in [-0.2, 0) is 33.9 Å². The van der Waals surface area contributed by atoms with Gasteiger partial charge in [-0.25, -0.2) is 9.18 Å². The van der Waals surface area contributed by atoms with E-state index in [4.69, 9.17) is 4.74 Å². The molecule has 4 aromatic carbocycles. The van der Waals surface area contributed by atoms with Crippen LogP contribution in [0.3, 0.4) is 0 Å². The minimum atomic E-state index is -0.947. The Morgan fingerprint density at radius 2 is 1.48 bits per heavy atom. The van der Waals surface area contributed by atoms with Crippen molar-refractivity contribution in [2.45, 2.75) is 25.6 Å². The van der Waals surface area contributed by atoms with E-state index < -0.39 is 23.7 Å². The van der Waals surface area contributed by atoms with Gasteiger partial charge < -0.3 is 14.6 Å². The van der Waals surface area contributed by atoms with Crippen molar-refractivity contribution in [3.8, 4) is 0 Å². The highest BCUT2D eigenvalue weighted by molar-refractivity contribution is 5.95. The van der Waals surface area contributed by atoms with Gasteiger partial charge in [-0.05, 0) is 34.9 Å². The van der Waals surface area contributed by atoms with Gasteiger partial charge in [0.1, 0.15) is 18.5 Å². The van der Waals surface area contributed by atoms with Gasteiger partial charge in [0.25, 0.3) is 0 Å². The van der Waals surface area contributed by atoms with Crippen molar-refractivity contribution in [2.24, 2.45) is 0 Å². The number of nitrogens with zero attached hydrogens (tertiary/aromatic N) is 1. The number of para-hydroxylation sites is 1. The normalized spacial score (nSPS) is 11.9. The van der Waals surface area contributed by atoms with E-state index in [1.807, 2.05) is 79.0 Å². The Kier molecular flexibility index (Phi) is 8.47. The largest absolute Gasteiger partial charge is 0.459 e. The van der Waals surface area contributed by atoms with Crippen LogP contribution in [0.15, 0.2) is 121 Å². The van der Waals surface area contributed by atoms with Crippen molar-refractivity contribution in [1.29, 1.82) is 0 Å². The Labute approximate surface area is 232 Å². The second-order valence-electron chi connectivity index (χ2n) is 9.50. The number of rotatable bonds is 10. The summed E-state index contributed by atoms with van der Waals surface area (Å²) in [5.74, 6) is -1.49. The van der Waals surface area contributed by atoms with Gasteiger partial charge in [0.05, 0.1) is 0 Å². The van der Waals surface area contributed by atoms with E-state index in [1.54, 1.807) is 18.2 Å². The zero-order valence-electron chi connectivity index (χ0n) is 21.9. The monoisotopic (exact) mass is 532 g/mol. The van der Waals surface area contributed by atoms with Crippen LogP contribution in [0.4, 0.5) is 4.39 Å². The molecule has 0 spiro atoms. The Hall–Kier alpha value is -4.97. The first-order valence-electron chi connectivity index (χ1n) is 13.1. The van der Waals surface area contributed by atoms with Gasteiger partial charge in [-0.3, -0.25) is 4.79 Å². The van der Waals surface area contributed by atoms with Crippen LogP contribution in [0.1, 0.15) is 22.3 Å². The third-order valence-electron chi connectivity index (χ3n) is 6.64. The molecule has 1 N–H and O–H groups in total. The van der Waals surface area contributed by atoms with E-state index in [1.165, 1.54) is 18.2 Å². The Morgan fingerprint density at radius 1 is 0.825 bits per heavy atom. The molecule has 1 aromatic heterocycles. The van der Waals surface area contributed by atoms with Crippen molar-refractivity contribution >= 4 is 28.9 Å². The summed E-state index contributed by atoms with van der Waals surface area (Å²) in [6.45, 7) is 0.759. The molecule has 1 atom stereocenters. The fourth-order valence-corrected chi connectivity index (χ4v) is 4.63. The Bertz CT molecular complexity index is 1630. The van der Waals surface area contributed by atoms with Crippen molar-refractivity contribution in [3.63, 3.8) is 0 Å². The molecule has 5 nitrogen and oxygen atoms in total. The smallest absolute Gasteiger partial charge is 0.329 e. The van der Waals surface area contributed by atoms with E-state index in [9.17, 15) is 14.0 Å². The summed E-state index contributed by atoms with van der Waals surface area (Å²) in [6, 6.07) is 32.7. The highest BCUT2D eigenvalue weighted by Gasteiger charge is 2.24. The van der Waals surface area contributed by atoms with Crippen LogP contribution >= 0.6 is 0 Å². The molecule has 0 radical (unpaired) electrons. The molecule has 0 unspecified atom stereocenters. The van der Waals surface area contributed by atoms with Crippen LogP contribution in [0.25, 0.3) is 17.0 Å². The average molecular weight is 533 g/mol. The van der Waals surface area contributed by atoms with Gasteiger partial charge >= 0.3 is 5.97 Å². The van der Waals surface area contributed by atoms with E-state index >= 15 is 0 Å². The molecule has 5 rings (SSSR count). The molecule has 0 saturated heterocycles. The molecule has 1 heterocycles. The van der Waals surface area contributed by atoms with Crippen LogP contribution < -0.4 is 5.32 Å². The number of esters is 1. The molecule has 40 heavy (non-hydrogen) atoms. The van der Waals surface area contributed by atoms with E-state index in [0.717, 1.165) is 27.6 Å². The quantitative estimate of drug-likeness (QED) is 0.169. The molecule has 0 aliphatic heterocycles. The Balaban J connectivity index is 1.39. The van der Waals surface area contributed by atoms with E-state index in [0.29, 0.717) is 6.54 Å². The van der Waals surface area contributed by atoms with Crippen LogP contribution in [-0.4, -0.2) is 22.5 Å². The predicted octanol–water partition coefficient (Wildman–Crippen LogP) is 6.31. The fourth-order valence-electron chi connectivity index (χ4n) is 4.63. The maximum atomic E-state index is 14.0. The molecule has 1 amide bonds. The summed E-state index contributed by atoms with van der Waals surface area (Å²) in [6.07, 6.45) is 4.88. The molecular formula is C34H29FN2O3. The van der Waals surface area contributed by atoms with Crippen LogP contribution in [0, 0.1) is 5.82 Å². The lowest BCUT2D eigenvalue weighted by Gasteiger charge is -2.17. The van der Waals surface area contributed by atoms with Gasteiger partial charge in [-0.15, -0.1) is 0 Å². The Morgan fingerprint density at radius 3 is 2.23 bits per heavy atom. The second kappa shape index (κ2) is 12.7. The number of hydrogen-bond donors (Lipinski definition) is 1. The van der Waals surface area contributed by atoms with Crippen molar-refractivity contribution in [1.82, 2.24) is 9.88 Å².